The van der Waals surface area contributed by atoms with Crippen LogP contribution in [0.5, 0.6) is 0 Å². The quantitative estimate of drug-likeness (QED) is 0.913. The van der Waals surface area contributed by atoms with E-state index in [1.165, 1.54) is 59.1 Å². The summed E-state index contributed by atoms with van der Waals surface area (Å²) < 4.78 is 0. The van der Waals surface area contributed by atoms with Crippen molar-refractivity contribution >= 4 is 22.2 Å². The Labute approximate surface area is 130 Å². The second-order valence-corrected chi connectivity index (χ2v) is 6.98. The van der Waals surface area contributed by atoms with Crippen LogP contribution in [0.1, 0.15) is 41.4 Å². The van der Waals surface area contributed by atoms with Crippen LogP contribution in [0.25, 0.3) is 0 Å². The monoisotopic (exact) mass is 299 g/mol. The third-order valence-electron chi connectivity index (χ3n) is 4.63. The minimum Gasteiger partial charge on any atom is -0.318 e. The molecule has 0 saturated heterocycles. The normalized spacial score (nSPS) is 21.0. The molecule has 4 rings (SSSR count). The maximum absolute atomic E-state index is 5.01. The molecule has 1 aromatic heterocycles. The summed E-state index contributed by atoms with van der Waals surface area (Å²) in [7, 11) is 2.05. The highest BCUT2D eigenvalue weighted by atomic mass is 32.1. The van der Waals surface area contributed by atoms with Crippen LogP contribution in [0.2, 0.25) is 0 Å². The highest BCUT2D eigenvalue weighted by molar-refractivity contribution is 7.15. The molecule has 0 amide bonds. The van der Waals surface area contributed by atoms with Crippen LogP contribution in [0.4, 0.5) is 10.8 Å². The first-order valence-electron chi connectivity index (χ1n) is 7.89. The summed E-state index contributed by atoms with van der Waals surface area (Å²) in [5, 5.41) is 4.61. The average Bonchev–Trinajstić information content (AvgIpc) is 2.98. The van der Waals surface area contributed by atoms with Crippen molar-refractivity contribution in [3.63, 3.8) is 0 Å². The van der Waals surface area contributed by atoms with Gasteiger partial charge in [0.2, 0.25) is 0 Å². The Kier molecular flexibility index (Phi) is 3.43. The van der Waals surface area contributed by atoms with Crippen molar-refractivity contribution < 1.29 is 0 Å². The first-order valence-corrected chi connectivity index (χ1v) is 8.71. The first-order chi connectivity index (χ1) is 10.4. The first kappa shape index (κ1) is 13.3. The number of aromatic nitrogens is 1. The van der Waals surface area contributed by atoms with Crippen LogP contribution < -0.4 is 10.2 Å². The van der Waals surface area contributed by atoms with Crippen LogP contribution in [-0.2, 0) is 12.8 Å². The lowest BCUT2D eigenvalue weighted by Crippen LogP contribution is -2.25. The number of aryl methyl sites for hydroxylation is 2. The molecule has 0 bridgehead atoms. The second kappa shape index (κ2) is 5.43. The van der Waals surface area contributed by atoms with Gasteiger partial charge in [-0.1, -0.05) is 18.2 Å². The summed E-state index contributed by atoms with van der Waals surface area (Å²) in [6.07, 6.45) is 6.09. The minimum absolute atomic E-state index is 0.443. The van der Waals surface area contributed by atoms with E-state index in [1.807, 2.05) is 11.3 Å². The zero-order valence-corrected chi connectivity index (χ0v) is 13.2. The van der Waals surface area contributed by atoms with Crippen molar-refractivity contribution in [3.8, 4) is 0 Å². The molecule has 3 nitrogen and oxygen atoms in total. The molecule has 1 N–H and O–H groups in total. The van der Waals surface area contributed by atoms with Gasteiger partial charge in [-0.15, -0.1) is 11.3 Å². The third-order valence-corrected chi connectivity index (χ3v) is 5.79. The number of anilines is 2. The fraction of sp³-hybridized carbons (Fsp3) is 0.471. The largest absolute Gasteiger partial charge is 0.318 e. The molecule has 1 aromatic carbocycles. The summed E-state index contributed by atoms with van der Waals surface area (Å²) in [5.74, 6) is 0. The van der Waals surface area contributed by atoms with Crippen LogP contribution in [0, 0.1) is 0 Å². The molecule has 1 aliphatic carbocycles. The molecule has 0 spiro atoms. The number of para-hydroxylation sites is 1. The van der Waals surface area contributed by atoms with Gasteiger partial charge in [-0.3, -0.25) is 0 Å². The molecule has 0 fully saturated rings. The lowest BCUT2D eigenvalue weighted by molar-refractivity contribution is 0.490. The number of thiazole rings is 1. The van der Waals surface area contributed by atoms with E-state index in [0.29, 0.717) is 6.04 Å². The Balaban J connectivity index is 1.74. The summed E-state index contributed by atoms with van der Waals surface area (Å²) in [6, 6.07) is 9.22. The summed E-state index contributed by atoms with van der Waals surface area (Å²) >= 11 is 1.90. The van der Waals surface area contributed by atoms with E-state index < -0.39 is 0 Å². The van der Waals surface area contributed by atoms with Crippen molar-refractivity contribution in [1.29, 1.82) is 0 Å². The zero-order chi connectivity index (χ0) is 14.2. The van der Waals surface area contributed by atoms with Crippen molar-refractivity contribution in [2.45, 2.75) is 38.1 Å². The van der Waals surface area contributed by atoms with Gasteiger partial charge in [0.15, 0.2) is 5.13 Å². The summed E-state index contributed by atoms with van der Waals surface area (Å²) in [5.41, 5.74) is 4.12. The molecule has 1 atom stereocenters. The van der Waals surface area contributed by atoms with E-state index in [2.05, 4.69) is 41.5 Å². The molecule has 110 valence electrons. The number of nitrogens with zero attached hydrogens (tertiary/aromatic N) is 2. The molecule has 2 aromatic rings. The fourth-order valence-corrected chi connectivity index (χ4v) is 4.74. The van der Waals surface area contributed by atoms with Crippen LogP contribution >= 0.6 is 11.3 Å². The van der Waals surface area contributed by atoms with Gasteiger partial charge in [-0.2, -0.15) is 0 Å². The second-order valence-electron chi connectivity index (χ2n) is 5.92. The Morgan fingerprint density at radius 2 is 2.14 bits per heavy atom. The van der Waals surface area contributed by atoms with Crippen LogP contribution in [-0.4, -0.2) is 18.6 Å². The minimum atomic E-state index is 0.443. The molecule has 21 heavy (non-hydrogen) atoms. The van der Waals surface area contributed by atoms with Crippen LogP contribution in [0.3, 0.4) is 0 Å². The number of hydrogen-bond acceptors (Lipinski definition) is 4. The molecule has 1 aliphatic heterocycles. The number of nitrogens with one attached hydrogen (secondary N) is 1. The SMILES string of the molecule is CNC1CCCc2sc(N3CCCc4ccccc43)nc21. The smallest absolute Gasteiger partial charge is 0.190 e. The summed E-state index contributed by atoms with van der Waals surface area (Å²) in [6.45, 7) is 1.09. The summed E-state index contributed by atoms with van der Waals surface area (Å²) in [4.78, 5) is 8.92. The van der Waals surface area contributed by atoms with E-state index >= 15 is 0 Å². The topological polar surface area (TPSA) is 28.2 Å². The third kappa shape index (κ3) is 2.27. The van der Waals surface area contributed by atoms with Crippen molar-refractivity contribution in [3.05, 3.63) is 40.4 Å². The van der Waals surface area contributed by atoms with E-state index in [9.17, 15) is 0 Å². The maximum Gasteiger partial charge on any atom is 0.190 e. The van der Waals surface area contributed by atoms with Crippen LogP contribution in [0.15, 0.2) is 24.3 Å². The molecule has 0 radical (unpaired) electrons. The van der Waals surface area contributed by atoms with Crippen molar-refractivity contribution in [1.82, 2.24) is 10.3 Å². The van der Waals surface area contributed by atoms with Gasteiger partial charge >= 0.3 is 0 Å². The zero-order valence-electron chi connectivity index (χ0n) is 12.4. The van der Waals surface area contributed by atoms with E-state index in [0.717, 1.165) is 6.54 Å². The predicted octanol–water partition coefficient (Wildman–Crippen LogP) is 3.82. The van der Waals surface area contributed by atoms with Gasteiger partial charge in [0, 0.05) is 17.1 Å². The standard InChI is InChI=1S/C17H21N3S/c1-18-13-8-4-10-15-16(13)19-17(21-15)20-11-5-7-12-6-2-3-9-14(12)20/h2-3,6,9,13,18H,4-5,7-8,10-11H2,1H3. The number of rotatable bonds is 2. The Morgan fingerprint density at radius 3 is 3.05 bits per heavy atom. The van der Waals surface area contributed by atoms with Gasteiger partial charge in [-0.05, 0) is 50.8 Å². The highest BCUT2D eigenvalue weighted by Crippen LogP contribution is 2.40. The van der Waals surface area contributed by atoms with Gasteiger partial charge in [0.1, 0.15) is 0 Å². The number of fused-ring (bicyclic) bond motifs is 2. The van der Waals surface area contributed by atoms with E-state index in [4.69, 9.17) is 4.98 Å². The van der Waals surface area contributed by atoms with E-state index in [-0.39, 0.29) is 0 Å². The molecule has 4 heteroatoms. The van der Waals surface area contributed by atoms with Crippen molar-refractivity contribution in [2.75, 3.05) is 18.5 Å². The molecule has 2 heterocycles. The molecule has 1 unspecified atom stereocenters. The lowest BCUT2D eigenvalue weighted by Gasteiger charge is -2.29. The Hall–Kier alpha value is -1.39. The van der Waals surface area contributed by atoms with Gasteiger partial charge < -0.3 is 10.2 Å². The lowest BCUT2D eigenvalue weighted by atomic mass is 9.98. The number of benzene rings is 1. The fourth-order valence-electron chi connectivity index (χ4n) is 3.53. The van der Waals surface area contributed by atoms with Gasteiger partial charge in [0.05, 0.1) is 11.7 Å². The molecule has 0 saturated carbocycles. The maximum atomic E-state index is 5.01. The molecular weight excluding hydrogens is 278 g/mol. The predicted molar refractivity (Wildman–Crippen MR) is 88.6 cm³/mol. The van der Waals surface area contributed by atoms with E-state index in [1.54, 1.807) is 0 Å². The van der Waals surface area contributed by atoms with Crippen molar-refractivity contribution in [2.24, 2.45) is 0 Å². The number of hydrogen-bond donors (Lipinski definition) is 1. The van der Waals surface area contributed by atoms with Gasteiger partial charge in [-0.25, -0.2) is 4.98 Å². The Bertz CT molecular complexity index is 649. The Morgan fingerprint density at radius 1 is 1.24 bits per heavy atom. The molecular formula is C17H21N3S. The molecule has 2 aliphatic rings. The average molecular weight is 299 g/mol. The van der Waals surface area contributed by atoms with Gasteiger partial charge in [0.25, 0.3) is 0 Å². The highest BCUT2D eigenvalue weighted by Gasteiger charge is 2.27.